The number of fused-ring (bicyclic) bond motifs is 1. The zero-order chi connectivity index (χ0) is 20.1. The number of ether oxygens (including phenoxy) is 2. The molecule has 0 N–H and O–H groups in total. The van der Waals surface area contributed by atoms with Crippen LogP contribution < -0.4 is 9.47 Å². The molecule has 2 aliphatic rings. The van der Waals surface area contributed by atoms with Crippen LogP contribution in [0.5, 0.6) is 11.5 Å². The van der Waals surface area contributed by atoms with Crippen LogP contribution >= 0.6 is 0 Å². The van der Waals surface area contributed by atoms with Gasteiger partial charge in [0.2, 0.25) is 6.79 Å². The summed E-state index contributed by atoms with van der Waals surface area (Å²) in [5.41, 5.74) is 2.78. The Labute approximate surface area is 169 Å². The summed E-state index contributed by atoms with van der Waals surface area (Å²) in [7, 11) is 0. The highest BCUT2D eigenvalue weighted by Crippen LogP contribution is 2.32. The van der Waals surface area contributed by atoms with Crippen molar-refractivity contribution in [3.63, 3.8) is 0 Å². The molecule has 2 aromatic rings. The minimum absolute atomic E-state index is 0.0456. The van der Waals surface area contributed by atoms with Crippen molar-refractivity contribution < 1.29 is 19.1 Å². The normalized spacial score (nSPS) is 16.7. The maximum Gasteiger partial charge on any atom is 0.263 e. The monoisotopic (exact) mass is 396 g/mol. The number of oxime groups is 1. The summed E-state index contributed by atoms with van der Waals surface area (Å²) in [6.07, 6.45) is 3.61. The molecule has 8 nitrogen and oxygen atoms in total. The van der Waals surface area contributed by atoms with Gasteiger partial charge in [-0.05, 0) is 42.8 Å². The van der Waals surface area contributed by atoms with E-state index < -0.39 is 0 Å². The van der Waals surface area contributed by atoms with Crippen LogP contribution in [-0.4, -0.2) is 66.0 Å². The summed E-state index contributed by atoms with van der Waals surface area (Å²) in [5, 5.41) is 4.08. The Morgan fingerprint density at radius 3 is 2.66 bits per heavy atom. The molecule has 1 saturated heterocycles. The van der Waals surface area contributed by atoms with E-state index in [1.54, 1.807) is 12.4 Å². The average molecular weight is 396 g/mol. The molecule has 1 aromatic carbocycles. The molecule has 2 aliphatic heterocycles. The summed E-state index contributed by atoms with van der Waals surface area (Å²) in [5.74, 6) is 1.37. The van der Waals surface area contributed by atoms with E-state index in [9.17, 15) is 4.79 Å². The van der Waals surface area contributed by atoms with E-state index in [0.717, 1.165) is 30.9 Å². The van der Waals surface area contributed by atoms with Crippen molar-refractivity contribution in [2.24, 2.45) is 5.16 Å². The lowest BCUT2D eigenvalue weighted by Crippen LogP contribution is -2.49. The van der Waals surface area contributed by atoms with Gasteiger partial charge in [-0.1, -0.05) is 5.16 Å². The first-order chi connectivity index (χ1) is 14.2. The van der Waals surface area contributed by atoms with Crippen molar-refractivity contribution >= 4 is 11.6 Å². The fourth-order valence-electron chi connectivity index (χ4n) is 3.35. The molecule has 3 heterocycles. The molecule has 152 valence electrons. The first-order valence-corrected chi connectivity index (χ1v) is 9.64. The molecule has 0 unspecified atom stereocenters. The van der Waals surface area contributed by atoms with Crippen LogP contribution in [-0.2, 0) is 16.2 Å². The highest BCUT2D eigenvalue weighted by Gasteiger charge is 2.21. The highest BCUT2D eigenvalue weighted by molar-refractivity contribution is 5.99. The van der Waals surface area contributed by atoms with Crippen molar-refractivity contribution in [3.05, 3.63) is 53.9 Å². The number of nitrogens with zero attached hydrogens (tertiary/aromatic N) is 4. The van der Waals surface area contributed by atoms with Crippen LogP contribution in [0.3, 0.4) is 0 Å². The molecule has 1 fully saturated rings. The van der Waals surface area contributed by atoms with Crippen molar-refractivity contribution in [2.45, 2.75) is 13.5 Å². The fourth-order valence-corrected chi connectivity index (χ4v) is 3.35. The maximum absolute atomic E-state index is 12.4. The second kappa shape index (κ2) is 8.91. The lowest BCUT2D eigenvalue weighted by Gasteiger charge is -2.34. The van der Waals surface area contributed by atoms with Gasteiger partial charge in [-0.3, -0.25) is 14.7 Å². The largest absolute Gasteiger partial charge is 0.454 e. The third kappa shape index (κ3) is 4.83. The number of carbonyl (C=O) groups is 1. The SMILES string of the molecule is C/C(=N/OCC(=O)N1CCN(Cc2ccncc2)CC1)c1ccc2c(c1)OCO2. The Kier molecular flexibility index (Phi) is 5.90. The number of carbonyl (C=O) groups excluding carboxylic acids is 1. The Bertz CT molecular complexity index is 880. The van der Waals surface area contributed by atoms with Crippen LogP contribution in [0.1, 0.15) is 18.1 Å². The third-order valence-electron chi connectivity index (χ3n) is 5.06. The molecule has 1 amide bonds. The third-order valence-corrected chi connectivity index (χ3v) is 5.06. The van der Waals surface area contributed by atoms with Crippen molar-refractivity contribution in [3.8, 4) is 11.5 Å². The molecular weight excluding hydrogens is 372 g/mol. The van der Waals surface area contributed by atoms with E-state index >= 15 is 0 Å². The molecule has 0 saturated carbocycles. The van der Waals surface area contributed by atoms with Crippen LogP contribution in [0, 0.1) is 0 Å². The van der Waals surface area contributed by atoms with Gasteiger partial charge in [-0.2, -0.15) is 0 Å². The number of hydrogen-bond donors (Lipinski definition) is 0. The average Bonchev–Trinajstić information content (AvgIpc) is 3.23. The number of rotatable bonds is 6. The zero-order valence-corrected chi connectivity index (χ0v) is 16.4. The van der Waals surface area contributed by atoms with Crippen molar-refractivity contribution in [2.75, 3.05) is 39.6 Å². The topological polar surface area (TPSA) is 76.5 Å². The molecule has 1 aromatic heterocycles. The summed E-state index contributed by atoms with van der Waals surface area (Å²) < 4.78 is 10.7. The van der Waals surface area contributed by atoms with E-state index in [0.29, 0.717) is 24.6 Å². The zero-order valence-electron chi connectivity index (χ0n) is 16.4. The lowest BCUT2D eigenvalue weighted by molar-refractivity contribution is -0.137. The van der Waals surface area contributed by atoms with Crippen molar-refractivity contribution in [1.29, 1.82) is 0 Å². The maximum atomic E-state index is 12.4. The molecule has 0 radical (unpaired) electrons. The molecule has 0 spiro atoms. The quantitative estimate of drug-likeness (QED) is 0.548. The molecule has 29 heavy (non-hydrogen) atoms. The summed E-state index contributed by atoms with van der Waals surface area (Å²) in [6, 6.07) is 9.62. The second-order valence-corrected chi connectivity index (χ2v) is 7.03. The Morgan fingerprint density at radius 1 is 1.10 bits per heavy atom. The van der Waals surface area contributed by atoms with Crippen LogP contribution in [0.2, 0.25) is 0 Å². The minimum Gasteiger partial charge on any atom is -0.454 e. The minimum atomic E-state index is -0.0632. The van der Waals surface area contributed by atoms with Crippen LogP contribution in [0.25, 0.3) is 0 Å². The summed E-state index contributed by atoms with van der Waals surface area (Å²) in [4.78, 5) is 25.9. The van der Waals surface area contributed by atoms with Gasteiger partial charge in [0.25, 0.3) is 5.91 Å². The Hall–Kier alpha value is -3.13. The smallest absolute Gasteiger partial charge is 0.263 e. The summed E-state index contributed by atoms with van der Waals surface area (Å²) >= 11 is 0. The number of hydrogen-bond acceptors (Lipinski definition) is 7. The molecule has 0 bridgehead atoms. The van der Waals surface area contributed by atoms with Crippen molar-refractivity contribution in [1.82, 2.24) is 14.8 Å². The molecular formula is C21H24N4O4. The number of amides is 1. The van der Waals surface area contributed by atoms with Gasteiger partial charge in [0.1, 0.15) is 0 Å². The van der Waals surface area contributed by atoms with Gasteiger partial charge in [-0.25, -0.2) is 0 Å². The van der Waals surface area contributed by atoms with E-state index in [1.807, 2.05) is 42.2 Å². The number of pyridine rings is 1. The van der Waals surface area contributed by atoms with Gasteiger partial charge < -0.3 is 19.2 Å². The van der Waals surface area contributed by atoms with Gasteiger partial charge in [0.05, 0.1) is 5.71 Å². The fraction of sp³-hybridized carbons (Fsp3) is 0.381. The highest BCUT2D eigenvalue weighted by atomic mass is 16.7. The lowest BCUT2D eigenvalue weighted by atomic mass is 10.1. The number of piperazine rings is 1. The molecule has 4 rings (SSSR count). The predicted molar refractivity (Wildman–Crippen MR) is 107 cm³/mol. The second-order valence-electron chi connectivity index (χ2n) is 7.03. The van der Waals surface area contributed by atoms with Gasteiger partial charge in [0, 0.05) is 50.7 Å². The van der Waals surface area contributed by atoms with E-state index in [2.05, 4.69) is 15.0 Å². The van der Waals surface area contributed by atoms with E-state index in [-0.39, 0.29) is 19.3 Å². The Balaban J connectivity index is 1.22. The van der Waals surface area contributed by atoms with Gasteiger partial charge in [0.15, 0.2) is 18.1 Å². The standard InChI is InChI=1S/C21H24N4O4/c1-16(18-2-3-19-20(12-18)28-15-27-19)23-29-14-21(26)25-10-8-24(9-11-25)13-17-4-6-22-7-5-17/h2-7,12H,8-11,13-15H2,1H3/b23-16-. The number of aromatic nitrogens is 1. The first-order valence-electron chi connectivity index (χ1n) is 9.64. The Morgan fingerprint density at radius 2 is 1.86 bits per heavy atom. The van der Waals surface area contributed by atoms with E-state index in [4.69, 9.17) is 14.3 Å². The first kappa shape index (κ1) is 19.2. The molecule has 0 atom stereocenters. The van der Waals surface area contributed by atoms with Crippen LogP contribution in [0.15, 0.2) is 47.9 Å². The number of benzene rings is 1. The van der Waals surface area contributed by atoms with E-state index in [1.165, 1.54) is 5.56 Å². The van der Waals surface area contributed by atoms with Crippen LogP contribution in [0.4, 0.5) is 0 Å². The molecule has 0 aliphatic carbocycles. The van der Waals surface area contributed by atoms with Gasteiger partial charge in [-0.15, -0.1) is 0 Å². The van der Waals surface area contributed by atoms with Gasteiger partial charge >= 0.3 is 0 Å². The molecule has 8 heteroatoms. The predicted octanol–water partition coefficient (Wildman–Crippen LogP) is 1.90. The summed E-state index contributed by atoms with van der Waals surface area (Å²) in [6.45, 7) is 5.94.